The molecule has 0 unspecified atom stereocenters. The van der Waals surface area contributed by atoms with Crippen LogP contribution in [0.4, 0.5) is 4.39 Å². The number of nitrogens with zero attached hydrogens (tertiary/aromatic N) is 2. The molecule has 0 aromatic carbocycles. The third kappa shape index (κ3) is 0.710. The molecule has 1 heterocycles. The molecule has 2 nitrogen and oxygen atoms in total. The van der Waals surface area contributed by atoms with E-state index in [1.807, 2.05) is 6.92 Å². The highest BCUT2D eigenvalue weighted by molar-refractivity contribution is 4.79. The lowest BCUT2D eigenvalue weighted by Gasteiger charge is -1.91. The predicted octanol–water partition coefficient (Wildman–Crippen LogP) is 0.842. The maximum Gasteiger partial charge on any atom is 0.212 e. The third-order valence-electron chi connectivity index (χ3n) is 0.908. The molecule has 0 bridgehead atoms. The minimum absolute atomic E-state index is 0.326. The van der Waals surface area contributed by atoms with E-state index in [4.69, 9.17) is 0 Å². The van der Waals surface area contributed by atoms with Crippen LogP contribution >= 0.6 is 0 Å². The van der Waals surface area contributed by atoms with Crippen LogP contribution in [-0.4, -0.2) is 9.78 Å². The molecule has 0 aliphatic carbocycles. The first-order chi connectivity index (χ1) is 3.84. The van der Waals surface area contributed by atoms with E-state index in [-0.39, 0.29) is 5.95 Å². The lowest BCUT2D eigenvalue weighted by atomic mass is 10.7. The first-order valence-corrected chi connectivity index (χ1v) is 2.44. The third-order valence-corrected chi connectivity index (χ3v) is 0.908. The molecule has 0 saturated carbocycles. The van der Waals surface area contributed by atoms with Crippen LogP contribution in [-0.2, 0) is 6.54 Å². The summed E-state index contributed by atoms with van der Waals surface area (Å²) >= 11 is 0. The van der Waals surface area contributed by atoms with Gasteiger partial charge in [0.1, 0.15) is 6.20 Å². The van der Waals surface area contributed by atoms with E-state index in [0.717, 1.165) is 0 Å². The number of hydrogen-bond acceptors (Lipinski definition) is 1. The van der Waals surface area contributed by atoms with E-state index in [1.165, 1.54) is 10.7 Å². The summed E-state index contributed by atoms with van der Waals surface area (Å²) in [4.78, 5) is 0. The maximum absolute atomic E-state index is 12.2. The fourth-order valence-corrected chi connectivity index (χ4v) is 0.496. The second-order valence-electron chi connectivity index (χ2n) is 1.41. The van der Waals surface area contributed by atoms with E-state index in [0.29, 0.717) is 6.54 Å². The number of aromatic nitrogens is 2. The molecule has 0 fully saturated rings. The molecule has 1 aromatic heterocycles. The SMILES string of the molecule is CCn1n[c]cc1F. The number of aryl methyl sites for hydroxylation is 1. The van der Waals surface area contributed by atoms with Crippen molar-refractivity contribution in [3.8, 4) is 0 Å². The van der Waals surface area contributed by atoms with Gasteiger partial charge in [-0.15, -0.1) is 0 Å². The Hall–Kier alpha value is -0.860. The number of halogens is 1. The molecule has 8 heavy (non-hydrogen) atoms. The van der Waals surface area contributed by atoms with Crippen molar-refractivity contribution in [2.45, 2.75) is 13.5 Å². The van der Waals surface area contributed by atoms with Crippen LogP contribution in [0.25, 0.3) is 0 Å². The Morgan fingerprint density at radius 3 is 3.00 bits per heavy atom. The second kappa shape index (κ2) is 1.94. The van der Waals surface area contributed by atoms with E-state index >= 15 is 0 Å². The van der Waals surface area contributed by atoms with Crippen LogP contribution in [0, 0.1) is 12.1 Å². The summed E-state index contributed by atoms with van der Waals surface area (Å²) in [7, 11) is 0. The maximum atomic E-state index is 12.2. The molecule has 1 rings (SSSR count). The molecule has 0 amide bonds. The van der Waals surface area contributed by atoms with Gasteiger partial charge in [0.15, 0.2) is 0 Å². The average Bonchev–Trinajstić information content (AvgIpc) is 2.14. The lowest BCUT2D eigenvalue weighted by molar-refractivity contribution is 0.471. The molecule has 43 valence electrons. The molecule has 0 N–H and O–H groups in total. The summed E-state index contributed by atoms with van der Waals surface area (Å²) in [5.41, 5.74) is 0. The van der Waals surface area contributed by atoms with Crippen LogP contribution in [0.15, 0.2) is 6.07 Å². The topological polar surface area (TPSA) is 17.8 Å². The van der Waals surface area contributed by atoms with Gasteiger partial charge < -0.3 is 0 Å². The van der Waals surface area contributed by atoms with Crippen molar-refractivity contribution in [1.29, 1.82) is 0 Å². The Morgan fingerprint density at radius 1 is 2.00 bits per heavy atom. The molecule has 1 aromatic rings. The van der Waals surface area contributed by atoms with Gasteiger partial charge in [-0.25, -0.2) is 4.68 Å². The Morgan fingerprint density at radius 2 is 2.75 bits per heavy atom. The summed E-state index contributed by atoms with van der Waals surface area (Å²) in [5, 5.41) is 3.55. The van der Waals surface area contributed by atoms with Gasteiger partial charge in [0, 0.05) is 12.6 Å². The quantitative estimate of drug-likeness (QED) is 0.527. The summed E-state index contributed by atoms with van der Waals surface area (Å²) in [5.74, 6) is -0.326. The van der Waals surface area contributed by atoms with Crippen molar-refractivity contribution in [3.63, 3.8) is 0 Å². The van der Waals surface area contributed by atoms with Gasteiger partial charge in [0.05, 0.1) is 0 Å². The van der Waals surface area contributed by atoms with E-state index in [2.05, 4.69) is 11.3 Å². The Labute approximate surface area is 46.9 Å². The van der Waals surface area contributed by atoms with Gasteiger partial charge in [-0.05, 0) is 6.92 Å². The standard InChI is InChI=1S/C5H6FN2/c1-2-8-5(6)3-4-7-8/h3H,2H2,1H3. The zero-order chi connectivity index (χ0) is 5.98. The van der Waals surface area contributed by atoms with Crippen LogP contribution in [0.2, 0.25) is 0 Å². The van der Waals surface area contributed by atoms with Crippen molar-refractivity contribution in [2.24, 2.45) is 0 Å². The van der Waals surface area contributed by atoms with Crippen LogP contribution in [0.3, 0.4) is 0 Å². The minimum atomic E-state index is -0.326. The van der Waals surface area contributed by atoms with Crippen molar-refractivity contribution >= 4 is 0 Å². The Bertz CT molecular complexity index is 171. The number of hydrogen-bond donors (Lipinski definition) is 0. The highest BCUT2D eigenvalue weighted by atomic mass is 19.1. The van der Waals surface area contributed by atoms with E-state index in [9.17, 15) is 4.39 Å². The fourth-order valence-electron chi connectivity index (χ4n) is 0.496. The summed E-state index contributed by atoms with van der Waals surface area (Å²) in [6, 6.07) is 1.21. The summed E-state index contributed by atoms with van der Waals surface area (Å²) in [6.07, 6.45) is 2.39. The molecule has 3 heteroatoms. The average molecular weight is 113 g/mol. The molecular weight excluding hydrogens is 107 g/mol. The predicted molar refractivity (Wildman–Crippen MR) is 26.7 cm³/mol. The monoisotopic (exact) mass is 113 g/mol. The zero-order valence-corrected chi connectivity index (χ0v) is 4.56. The number of rotatable bonds is 1. The van der Waals surface area contributed by atoms with Crippen molar-refractivity contribution in [1.82, 2.24) is 9.78 Å². The molecule has 0 atom stereocenters. The molecule has 0 aliphatic rings. The van der Waals surface area contributed by atoms with Gasteiger partial charge in [-0.3, -0.25) is 0 Å². The van der Waals surface area contributed by atoms with Gasteiger partial charge in [-0.2, -0.15) is 9.49 Å². The first-order valence-electron chi connectivity index (χ1n) is 2.44. The Kier molecular flexibility index (Phi) is 1.28. The molecule has 0 spiro atoms. The fraction of sp³-hybridized carbons (Fsp3) is 0.400. The lowest BCUT2D eigenvalue weighted by Crippen LogP contribution is -1.98. The van der Waals surface area contributed by atoms with Crippen LogP contribution in [0.5, 0.6) is 0 Å². The van der Waals surface area contributed by atoms with Crippen molar-refractivity contribution < 1.29 is 4.39 Å². The van der Waals surface area contributed by atoms with Gasteiger partial charge in [0.25, 0.3) is 0 Å². The highest BCUT2D eigenvalue weighted by Crippen LogP contribution is 1.91. The van der Waals surface area contributed by atoms with E-state index < -0.39 is 0 Å². The molecule has 1 radical (unpaired) electrons. The first kappa shape index (κ1) is 5.28. The second-order valence-corrected chi connectivity index (χ2v) is 1.41. The van der Waals surface area contributed by atoms with Gasteiger partial charge in [-0.1, -0.05) is 0 Å². The molecule has 0 saturated heterocycles. The smallest absolute Gasteiger partial charge is 0.212 e. The summed E-state index contributed by atoms with van der Waals surface area (Å²) in [6.45, 7) is 2.39. The van der Waals surface area contributed by atoms with E-state index in [1.54, 1.807) is 0 Å². The summed E-state index contributed by atoms with van der Waals surface area (Å²) < 4.78 is 13.5. The largest absolute Gasteiger partial charge is 0.239 e. The normalized spacial score (nSPS) is 9.75. The zero-order valence-electron chi connectivity index (χ0n) is 4.56. The highest BCUT2D eigenvalue weighted by Gasteiger charge is 1.94. The van der Waals surface area contributed by atoms with Crippen molar-refractivity contribution in [2.75, 3.05) is 0 Å². The molecular formula is C5H6FN2. The van der Waals surface area contributed by atoms with Crippen LogP contribution in [0.1, 0.15) is 6.92 Å². The van der Waals surface area contributed by atoms with Gasteiger partial charge >= 0.3 is 0 Å². The van der Waals surface area contributed by atoms with Crippen molar-refractivity contribution in [3.05, 3.63) is 18.2 Å². The molecule has 0 aliphatic heterocycles. The Balaban J connectivity index is 2.92. The van der Waals surface area contributed by atoms with Crippen LogP contribution < -0.4 is 0 Å². The van der Waals surface area contributed by atoms with Gasteiger partial charge in [0.2, 0.25) is 5.95 Å². The minimum Gasteiger partial charge on any atom is -0.239 e.